The molecule has 0 radical (unpaired) electrons. The van der Waals surface area contributed by atoms with Gasteiger partial charge in [0, 0.05) is 18.7 Å². The minimum atomic E-state index is -1.03. The molecule has 1 rings (SSSR count). The largest absolute Gasteiger partial charge is 0.478 e. The molecule has 1 heterocycles. The third kappa shape index (κ3) is 4.84. The predicted molar refractivity (Wildman–Crippen MR) is 76.5 cm³/mol. The minimum Gasteiger partial charge on any atom is -0.478 e. The van der Waals surface area contributed by atoms with Gasteiger partial charge in [-0.15, -0.1) is 11.3 Å². The first kappa shape index (κ1) is 15.4. The lowest BCUT2D eigenvalue weighted by Crippen LogP contribution is -2.38. The lowest BCUT2D eigenvalue weighted by atomic mass is 10.2. The molecular formula is C13H18N2O3S. The second-order valence-electron chi connectivity index (χ2n) is 4.40. The summed E-state index contributed by atoms with van der Waals surface area (Å²) in [5.41, 5.74) is 0.627. The standard InChI is InChI=1S/C13H18N2O3S/c1-9(15(2)3)8-14-13(18)12-10(6-7-19-12)4-5-11(16)17/h4-7,9H,8H2,1-3H3,(H,14,18)(H,16,17)/b5-4+. The van der Waals surface area contributed by atoms with Gasteiger partial charge in [0.2, 0.25) is 0 Å². The number of hydrogen-bond acceptors (Lipinski definition) is 4. The van der Waals surface area contributed by atoms with Crippen LogP contribution in [0, 0.1) is 0 Å². The van der Waals surface area contributed by atoms with E-state index >= 15 is 0 Å². The van der Waals surface area contributed by atoms with E-state index in [0.717, 1.165) is 6.08 Å². The molecule has 0 aliphatic heterocycles. The van der Waals surface area contributed by atoms with Crippen molar-refractivity contribution in [1.82, 2.24) is 10.2 Å². The Bertz CT molecular complexity index is 480. The summed E-state index contributed by atoms with van der Waals surface area (Å²) in [7, 11) is 3.89. The highest BCUT2D eigenvalue weighted by Gasteiger charge is 2.13. The number of amides is 1. The van der Waals surface area contributed by atoms with Gasteiger partial charge in [0.05, 0.1) is 4.88 Å². The number of hydrogen-bond donors (Lipinski definition) is 2. The molecule has 6 heteroatoms. The lowest BCUT2D eigenvalue weighted by molar-refractivity contribution is -0.131. The fraction of sp³-hybridized carbons (Fsp3) is 0.385. The molecule has 0 aliphatic rings. The molecule has 0 aromatic carbocycles. The lowest BCUT2D eigenvalue weighted by Gasteiger charge is -2.19. The van der Waals surface area contributed by atoms with Crippen LogP contribution in [0.15, 0.2) is 17.5 Å². The third-order valence-corrected chi connectivity index (χ3v) is 3.68. The number of carboxylic acids is 1. The molecule has 0 spiro atoms. The Hall–Kier alpha value is -1.66. The number of nitrogens with zero attached hydrogens (tertiary/aromatic N) is 1. The summed E-state index contributed by atoms with van der Waals surface area (Å²) < 4.78 is 0. The molecule has 5 nitrogen and oxygen atoms in total. The SMILES string of the molecule is CC(CNC(=O)c1sccc1/C=C/C(=O)O)N(C)C. The summed E-state index contributed by atoms with van der Waals surface area (Å²) in [6.45, 7) is 2.56. The fourth-order valence-corrected chi connectivity index (χ4v) is 2.10. The highest BCUT2D eigenvalue weighted by Crippen LogP contribution is 2.18. The van der Waals surface area contributed by atoms with Crippen LogP contribution in [-0.4, -0.2) is 48.6 Å². The Morgan fingerprint density at radius 3 is 2.79 bits per heavy atom. The molecule has 1 atom stereocenters. The molecular weight excluding hydrogens is 264 g/mol. The first-order valence-corrected chi connectivity index (χ1v) is 6.73. The van der Waals surface area contributed by atoms with Crippen LogP contribution in [0.5, 0.6) is 0 Å². The molecule has 0 fully saturated rings. The van der Waals surface area contributed by atoms with Crippen molar-refractivity contribution in [1.29, 1.82) is 0 Å². The number of aliphatic carboxylic acids is 1. The quantitative estimate of drug-likeness (QED) is 0.776. The van der Waals surface area contributed by atoms with E-state index in [0.29, 0.717) is 17.0 Å². The average Bonchev–Trinajstić information content (AvgIpc) is 2.81. The number of thiophene rings is 1. The number of carbonyl (C=O) groups is 2. The van der Waals surface area contributed by atoms with E-state index in [-0.39, 0.29) is 11.9 Å². The number of carbonyl (C=O) groups excluding carboxylic acids is 1. The van der Waals surface area contributed by atoms with E-state index in [4.69, 9.17) is 5.11 Å². The van der Waals surface area contributed by atoms with Crippen molar-refractivity contribution in [3.63, 3.8) is 0 Å². The van der Waals surface area contributed by atoms with Gasteiger partial charge in [0.15, 0.2) is 0 Å². The van der Waals surface area contributed by atoms with Gasteiger partial charge in [-0.25, -0.2) is 4.79 Å². The molecule has 2 N–H and O–H groups in total. The summed E-state index contributed by atoms with van der Waals surface area (Å²) >= 11 is 1.30. The normalized spacial score (nSPS) is 12.8. The predicted octanol–water partition coefficient (Wildman–Crippen LogP) is 1.53. The van der Waals surface area contributed by atoms with Gasteiger partial charge in [-0.2, -0.15) is 0 Å². The molecule has 0 saturated carbocycles. The average molecular weight is 282 g/mol. The molecule has 0 bridgehead atoms. The van der Waals surface area contributed by atoms with Crippen molar-refractivity contribution < 1.29 is 14.7 Å². The van der Waals surface area contributed by atoms with Crippen molar-refractivity contribution in [3.8, 4) is 0 Å². The smallest absolute Gasteiger partial charge is 0.328 e. The van der Waals surface area contributed by atoms with Crippen LogP contribution in [0.25, 0.3) is 6.08 Å². The van der Waals surface area contributed by atoms with Crippen LogP contribution in [0.1, 0.15) is 22.2 Å². The van der Waals surface area contributed by atoms with Crippen molar-refractivity contribution in [2.75, 3.05) is 20.6 Å². The van der Waals surface area contributed by atoms with Gasteiger partial charge in [0.25, 0.3) is 5.91 Å². The van der Waals surface area contributed by atoms with Crippen LogP contribution < -0.4 is 5.32 Å². The van der Waals surface area contributed by atoms with Crippen molar-refractivity contribution in [2.24, 2.45) is 0 Å². The van der Waals surface area contributed by atoms with E-state index in [1.807, 2.05) is 25.9 Å². The van der Waals surface area contributed by atoms with Gasteiger partial charge >= 0.3 is 5.97 Å². The van der Waals surface area contributed by atoms with Crippen LogP contribution in [0.3, 0.4) is 0 Å². The number of likely N-dealkylation sites (N-methyl/N-ethyl adjacent to an activating group) is 1. The van der Waals surface area contributed by atoms with E-state index in [1.165, 1.54) is 17.4 Å². The van der Waals surface area contributed by atoms with Gasteiger partial charge in [0.1, 0.15) is 0 Å². The van der Waals surface area contributed by atoms with Crippen LogP contribution in [0.4, 0.5) is 0 Å². The molecule has 1 aromatic heterocycles. The molecule has 19 heavy (non-hydrogen) atoms. The zero-order valence-electron chi connectivity index (χ0n) is 11.2. The first-order chi connectivity index (χ1) is 8.91. The van der Waals surface area contributed by atoms with Crippen molar-refractivity contribution >= 4 is 29.3 Å². The summed E-state index contributed by atoms with van der Waals surface area (Å²) in [5, 5.41) is 13.2. The molecule has 1 amide bonds. The Labute approximate surface area is 116 Å². The van der Waals surface area contributed by atoms with Crippen molar-refractivity contribution in [2.45, 2.75) is 13.0 Å². The van der Waals surface area contributed by atoms with Gasteiger partial charge in [-0.1, -0.05) is 0 Å². The van der Waals surface area contributed by atoms with Gasteiger partial charge < -0.3 is 15.3 Å². The van der Waals surface area contributed by atoms with E-state index < -0.39 is 5.97 Å². The van der Waals surface area contributed by atoms with Gasteiger partial charge in [-0.05, 0) is 44.1 Å². The number of nitrogens with one attached hydrogen (secondary N) is 1. The number of carboxylic acid groups (broad SMARTS) is 1. The molecule has 1 unspecified atom stereocenters. The van der Waals surface area contributed by atoms with E-state index in [1.54, 1.807) is 11.4 Å². The van der Waals surface area contributed by atoms with E-state index in [2.05, 4.69) is 5.32 Å². The van der Waals surface area contributed by atoms with Crippen molar-refractivity contribution in [3.05, 3.63) is 28.0 Å². The van der Waals surface area contributed by atoms with E-state index in [9.17, 15) is 9.59 Å². The van der Waals surface area contributed by atoms with Crippen LogP contribution >= 0.6 is 11.3 Å². The monoisotopic (exact) mass is 282 g/mol. The van der Waals surface area contributed by atoms with Gasteiger partial charge in [-0.3, -0.25) is 4.79 Å². The zero-order chi connectivity index (χ0) is 14.4. The highest BCUT2D eigenvalue weighted by atomic mass is 32.1. The molecule has 0 aliphatic carbocycles. The zero-order valence-corrected chi connectivity index (χ0v) is 12.0. The topological polar surface area (TPSA) is 69.6 Å². The Morgan fingerprint density at radius 2 is 2.21 bits per heavy atom. The third-order valence-electron chi connectivity index (χ3n) is 2.75. The highest BCUT2D eigenvalue weighted by molar-refractivity contribution is 7.12. The summed E-state index contributed by atoms with van der Waals surface area (Å²) in [6.07, 6.45) is 2.46. The Balaban J connectivity index is 2.68. The second kappa shape index (κ2) is 7.06. The maximum atomic E-state index is 12.0. The number of rotatable bonds is 6. The second-order valence-corrected chi connectivity index (χ2v) is 5.32. The van der Waals surface area contributed by atoms with Crippen LogP contribution in [-0.2, 0) is 4.79 Å². The summed E-state index contributed by atoms with van der Waals surface area (Å²) in [4.78, 5) is 25.0. The maximum Gasteiger partial charge on any atom is 0.328 e. The summed E-state index contributed by atoms with van der Waals surface area (Å²) in [5.74, 6) is -1.20. The maximum absolute atomic E-state index is 12.0. The first-order valence-electron chi connectivity index (χ1n) is 5.85. The minimum absolute atomic E-state index is 0.172. The molecule has 0 saturated heterocycles. The molecule has 1 aromatic rings. The summed E-state index contributed by atoms with van der Waals surface area (Å²) in [6, 6.07) is 1.97. The van der Waals surface area contributed by atoms with Crippen LogP contribution in [0.2, 0.25) is 0 Å². The molecule has 104 valence electrons. The fourth-order valence-electron chi connectivity index (χ4n) is 1.30. The Kier molecular flexibility index (Phi) is 5.72. The Morgan fingerprint density at radius 1 is 1.53 bits per heavy atom.